The summed E-state index contributed by atoms with van der Waals surface area (Å²) in [6.45, 7) is 0. The van der Waals surface area contributed by atoms with E-state index in [1.54, 1.807) is 12.1 Å². The standard InChI is InChI=1S/C14H16Cl2O2/c15-10-4-3-9(7-11(10)16)18-13-8-12(17)14(13)5-1-2-6-14/h3-4,7,12-13,17H,1-2,5-6,8H2. The van der Waals surface area contributed by atoms with Crippen LogP contribution >= 0.6 is 23.2 Å². The molecule has 1 spiro atoms. The Morgan fingerprint density at radius 3 is 2.50 bits per heavy atom. The van der Waals surface area contributed by atoms with E-state index in [1.165, 1.54) is 12.8 Å². The van der Waals surface area contributed by atoms with Gasteiger partial charge in [0.2, 0.25) is 0 Å². The topological polar surface area (TPSA) is 29.5 Å². The van der Waals surface area contributed by atoms with Crippen molar-refractivity contribution in [1.82, 2.24) is 0 Å². The predicted molar refractivity (Wildman–Crippen MR) is 72.4 cm³/mol. The number of hydrogen-bond acceptors (Lipinski definition) is 2. The number of aliphatic hydroxyl groups excluding tert-OH is 1. The molecular weight excluding hydrogens is 271 g/mol. The zero-order valence-electron chi connectivity index (χ0n) is 10.0. The highest BCUT2D eigenvalue weighted by Gasteiger charge is 2.57. The fourth-order valence-electron chi connectivity index (χ4n) is 3.29. The fraction of sp³-hybridized carbons (Fsp3) is 0.571. The Balaban J connectivity index is 1.75. The molecule has 0 heterocycles. The molecule has 2 fully saturated rings. The second-order valence-corrected chi connectivity index (χ2v) is 6.19. The summed E-state index contributed by atoms with van der Waals surface area (Å²) < 4.78 is 5.99. The van der Waals surface area contributed by atoms with Gasteiger partial charge in [0.25, 0.3) is 0 Å². The number of hydrogen-bond donors (Lipinski definition) is 1. The van der Waals surface area contributed by atoms with E-state index in [9.17, 15) is 5.11 Å². The number of aliphatic hydroxyl groups is 1. The molecule has 0 amide bonds. The molecule has 18 heavy (non-hydrogen) atoms. The van der Waals surface area contributed by atoms with Gasteiger partial charge in [-0.3, -0.25) is 0 Å². The van der Waals surface area contributed by atoms with Gasteiger partial charge in [0.1, 0.15) is 11.9 Å². The van der Waals surface area contributed by atoms with Crippen LogP contribution in [0.2, 0.25) is 10.0 Å². The Kier molecular flexibility index (Phi) is 3.21. The average Bonchev–Trinajstić information content (AvgIpc) is 2.85. The van der Waals surface area contributed by atoms with Crippen LogP contribution < -0.4 is 4.74 Å². The SMILES string of the molecule is OC1CC(Oc2ccc(Cl)c(Cl)c2)C12CCCC2. The number of benzene rings is 1. The Bertz CT molecular complexity index is 455. The van der Waals surface area contributed by atoms with Crippen LogP contribution in [0.5, 0.6) is 5.75 Å². The highest BCUT2D eigenvalue weighted by molar-refractivity contribution is 6.42. The third-order valence-electron chi connectivity index (χ3n) is 4.45. The van der Waals surface area contributed by atoms with Gasteiger partial charge in [0, 0.05) is 17.9 Å². The third-order valence-corrected chi connectivity index (χ3v) is 5.19. The highest BCUT2D eigenvalue weighted by atomic mass is 35.5. The fourth-order valence-corrected chi connectivity index (χ4v) is 3.58. The molecule has 0 aliphatic heterocycles. The molecule has 0 bridgehead atoms. The van der Waals surface area contributed by atoms with E-state index >= 15 is 0 Å². The van der Waals surface area contributed by atoms with Crippen LogP contribution in [-0.4, -0.2) is 17.3 Å². The summed E-state index contributed by atoms with van der Waals surface area (Å²) in [5, 5.41) is 11.1. The maximum Gasteiger partial charge on any atom is 0.121 e. The van der Waals surface area contributed by atoms with E-state index in [4.69, 9.17) is 27.9 Å². The smallest absolute Gasteiger partial charge is 0.121 e. The van der Waals surface area contributed by atoms with Gasteiger partial charge >= 0.3 is 0 Å². The first-order chi connectivity index (χ1) is 8.62. The van der Waals surface area contributed by atoms with Gasteiger partial charge in [-0.05, 0) is 25.0 Å². The quantitative estimate of drug-likeness (QED) is 0.888. The van der Waals surface area contributed by atoms with Crippen molar-refractivity contribution in [3.63, 3.8) is 0 Å². The number of rotatable bonds is 2. The molecule has 98 valence electrons. The molecule has 4 heteroatoms. The van der Waals surface area contributed by atoms with Crippen LogP contribution in [0, 0.1) is 5.41 Å². The van der Waals surface area contributed by atoms with Gasteiger partial charge in [-0.2, -0.15) is 0 Å². The normalized spacial score (nSPS) is 29.3. The van der Waals surface area contributed by atoms with Crippen molar-refractivity contribution in [3.8, 4) is 5.75 Å². The van der Waals surface area contributed by atoms with Crippen molar-refractivity contribution >= 4 is 23.2 Å². The zero-order chi connectivity index (χ0) is 12.8. The Morgan fingerprint density at radius 1 is 1.17 bits per heavy atom. The average molecular weight is 287 g/mol. The summed E-state index contributed by atoms with van der Waals surface area (Å²) in [5.41, 5.74) is -0.00783. The second-order valence-electron chi connectivity index (χ2n) is 5.37. The first-order valence-corrected chi connectivity index (χ1v) is 7.17. The van der Waals surface area contributed by atoms with Crippen LogP contribution in [0.1, 0.15) is 32.1 Å². The van der Waals surface area contributed by atoms with Gasteiger partial charge in [0.15, 0.2) is 0 Å². The predicted octanol–water partition coefficient (Wildman–Crippen LogP) is 4.07. The number of halogens is 2. The molecule has 1 N–H and O–H groups in total. The molecule has 0 saturated heterocycles. The first-order valence-electron chi connectivity index (χ1n) is 6.41. The lowest BCUT2D eigenvalue weighted by Crippen LogP contribution is -2.58. The van der Waals surface area contributed by atoms with Crippen molar-refractivity contribution in [1.29, 1.82) is 0 Å². The van der Waals surface area contributed by atoms with Gasteiger partial charge in [-0.25, -0.2) is 0 Å². The van der Waals surface area contributed by atoms with Gasteiger partial charge < -0.3 is 9.84 Å². The molecule has 1 aromatic carbocycles. The van der Waals surface area contributed by atoms with E-state index in [-0.39, 0.29) is 17.6 Å². The molecule has 2 aliphatic carbocycles. The molecule has 2 saturated carbocycles. The van der Waals surface area contributed by atoms with E-state index in [0.29, 0.717) is 10.0 Å². The monoisotopic (exact) mass is 286 g/mol. The summed E-state index contributed by atoms with van der Waals surface area (Å²) in [4.78, 5) is 0. The van der Waals surface area contributed by atoms with Crippen LogP contribution in [0.3, 0.4) is 0 Å². The zero-order valence-corrected chi connectivity index (χ0v) is 11.5. The van der Waals surface area contributed by atoms with E-state index < -0.39 is 0 Å². The van der Waals surface area contributed by atoms with Crippen molar-refractivity contribution in [2.45, 2.75) is 44.3 Å². The maximum atomic E-state index is 10.0. The van der Waals surface area contributed by atoms with Crippen molar-refractivity contribution in [2.24, 2.45) is 5.41 Å². The summed E-state index contributed by atoms with van der Waals surface area (Å²) >= 11 is 11.9. The highest BCUT2D eigenvalue weighted by Crippen LogP contribution is 2.54. The van der Waals surface area contributed by atoms with Gasteiger partial charge in [-0.1, -0.05) is 36.0 Å². The summed E-state index contributed by atoms with van der Waals surface area (Å²) in [7, 11) is 0. The Labute approximate surface area is 117 Å². The Hall–Kier alpha value is -0.440. The first kappa shape index (κ1) is 12.6. The summed E-state index contributed by atoms with van der Waals surface area (Å²) in [5.74, 6) is 0.743. The third kappa shape index (κ3) is 1.91. The van der Waals surface area contributed by atoms with E-state index in [0.717, 1.165) is 25.0 Å². The van der Waals surface area contributed by atoms with Crippen LogP contribution in [-0.2, 0) is 0 Å². The molecule has 2 nitrogen and oxygen atoms in total. The van der Waals surface area contributed by atoms with E-state index in [1.807, 2.05) is 6.07 Å². The molecule has 2 unspecified atom stereocenters. The molecule has 1 aromatic rings. The summed E-state index contributed by atoms with van der Waals surface area (Å²) in [6.07, 6.45) is 5.16. The molecule has 3 rings (SSSR count). The lowest BCUT2D eigenvalue weighted by Gasteiger charge is -2.51. The van der Waals surface area contributed by atoms with Gasteiger partial charge in [-0.15, -0.1) is 0 Å². The largest absolute Gasteiger partial charge is 0.490 e. The van der Waals surface area contributed by atoms with E-state index in [2.05, 4.69) is 0 Å². The molecule has 2 aliphatic rings. The van der Waals surface area contributed by atoms with Crippen molar-refractivity contribution < 1.29 is 9.84 Å². The lowest BCUT2D eigenvalue weighted by molar-refractivity contribution is -0.151. The minimum Gasteiger partial charge on any atom is -0.490 e. The minimum absolute atomic E-state index is 0.00783. The molecule has 2 atom stereocenters. The van der Waals surface area contributed by atoms with Gasteiger partial charge in [0.05, 0.1) is 16.1 Å². The second kappa shape index (κ2) is 4.59. The van der Waals surface area contributed by atoms with Crippen molar-refractivity contribution in [2.75, 3.05) is 0 Å². The number of ether oxygens (including phenoxy) is 1. The molecule has 0 aromatic heterocycles. The van der Waals surface area contributed by atoms with Crippen molar-refractivity contribution in [3.05, 3.63) is 28.2 Å². The lowest BCUT2D eigenvalue weighted by atomic mass is 9.62. The Morgan fingerprint density at radius 2 is 1.89 bits per heavy atom. The van der Waals surface area contributed by atoms with Crippen LogP contribution in [0.15, 0.2) is 18.2 Å². The van der Waals surface area contributed by atoms with Crippen LogP contribution in [0.25, 0.3) is 0 Å². The molecule has 0 radical (unpaired) electrons. The molecular formula is C14H16Cl2O2. The van der Waals surface area contributed by atoms with Crippen LogP contribution in [0.4, 0.5) is 0 Å². The maximum absolute atomic E-state index is 10.0. The summed E-state index contributed by atoms with van der Waals surface area (Å²) in [6, 6.07) is 5.33. The minimum atomic E-state index is -0.201.